The van der Waals surface area contributed by atoms with Crippen molar-refractivity contribution < 1.29 is 4.21 Å². The lowest BCUT2D eigenvalue weighted by Gasteiger charge is -2.14. The van der Waals surface area contributed by atoms with Gasteiger partial charge in [0, 0.05) is 39.4 Å². The third kappa shape index (κ3) is 3.78. The minimum atomic E-state index is -0.902. The predicted octanol–water partition coefficient (Wildman–Crippen LogP) is 3.90. The van der Waals surface area contributed by atoms with Gasteiger partial charge in [-0.15, -0.1) is 11.3 Å². The number of benzene rings is 1. The SMILES string of the molecule is CCc1ccsc1CNC(C)c1ccc(S(C)=O)cc1. The van der Waals surface area contributed by atoms with E-state index in [0.717, 1.165) is 17.9 Å². The monoisotopic (exact) mass is 307 g/mol. The van der Waals surface area contributed by atoms with Crippen LogP contribution < -0.4 is 5.32 Å². The first-order chi connectivity index (χ1) is 9.61. The number of nitrogens with one attached hydrogen (secondary N) is 1. The van der Waals surface area contributed by atoms with E-state index in [2.05, 4.69) is 42.7 Å². The molecule has 0 spiro atoms. The van der Waals surface area contributed by atoms with E-state index in [-0.39, 0.29) is 0 Å². The van der Waals surface area contributed by atoms with Gasteiger partial charge in [0.2, 0.25) is 0 Å². The molecule has 0 aliphatic carbocycles. The van der Waals surface area contributed by atoms with Crippen molar-refractivity contribution in [2.45, 2.75) is 37.8 Å². The maximum absolute atomic E-state index is 11.4. The van der Waals surface area contributed by atoms with Crippen molar-refractivity contribution in [1.29, 1.82) is 0 Å². The standard InChI is InChI=1S/C16H21NOS2/c1-4-13-9-10-19-16(13)11-17-12(2)14-5-7-15(8-6-14)20(3)18/h5-10,12,17H,4,11H2,1-3H3. The van der Waals surface area contributed by atoms with Crippen LogP contribution in [0.15, 0.2) is 40.6 Å². The van der Waals surface area contributed by atoms with Crippen LogP contribution >= 0.6 is 11.3 Å². The van der Waals surface area contributed by atoms with Crippen molar-refractivity contribution >= 4 is 22.1 Å². The number of hydrogen-bond donors (Lipinski definition) is 1. The molecule has 2 nitrogen and oxygen atoms in total. The van der Waals surface area contributed by atoms with Crippen LogP contribution in [-0.4, -0.2) is 10.5 Å². The van der Waals surface area contributed by atoms with Crippen molar-refractivity contribution in [2.75, 3.05) is 6.26 Å². The van der Waals surface area contributed by atoms with E-state index in [1.54, 1.807) is 6.26 Å². The maximum Gasteiger partial charge on any atom is 0.0498 e. The summed E-state index contributed by atoms with van der Waals surface area (Å²) in [6, 6.07) is 10.5. The van der Waals surface area contributed by atoms with Crippen molar-refractivity contribution in [3.63, 3.8) is 0 Å². The molecule has 1 N–H and O–H groups in total. The van der Waals surface area contributed by atoms with E-state index in [1.165, 1.54) is 16.0 Å². The van der Waals surface area contributed by atoms with Gasteiger partial charge in [0.1, 0.15) is 0 Å². The quantitative estimate of drug-likeness (QED) is 0.877. The highest BCUT2D eigenvalue weighted by Gasteiger charge is 2.08. The fourth-order valence-electron chi connectivity index (χ4n) is 2.15. The Balaban J connectivity index is 1.98. The molecule has 0 fully saturated rings. The Bertz CT molecular complexity index is 574. The van der Waals surface area contributed by atoms with Crippen LogP contribution in [0.25, 0.3) is 0 Å². The van der Waals surface area contributed by atoms with Crippen LogP contribution in [0.5, 0.6) is 0 Å². The Morgan fingerprint density at radius 2 is 1.95 bits per heavy atom. The normalized spacial score (nSPS) is 14.2. The first-order valence-corrected chi connectivity index (χ1v) is 9.27. The lowest BCUT2D eigenvalue weighted by molar-refractivity contribution is 0.576. The summed E-state index contributed by atoms with van der Waals surface area (Å²) < 4.78 is 11.4. The van der Waals surface area contributed by atoms with Crippen molar-refractivity contribution in [2.24, 2.45) is 0 Å². The number of aryl methyl sites for hydroxylation is 1. The number of rotatable bonds is 6. The lowest BCUT2D eigenvalue weighted by atomic mass is 10.1. The predicted molar refractivity (Wildman–Crippen MR) is 87.7 cm³/mol. The molecule has 2 rings (SSSR count). The Morgan fingerprint density at radius 3 is 2.55 bits per heavy atom. The summed E-state index contributed by atoms with van der Waals surface area (Å²) in [6.07, 6.45) is 2.80. The molecule has 20 heavy (non-hydrogen) atoms. The number of hydrogen-bond acceptors (Lipinski definition) is 3. The Kier molecular flexibility index (Phi) is 5.52. The van der Waals surface area contributed by atoms with Crippen LogP contribution in [0.4, 0.5) is 0 Å². The molecule has 2 atom stereocenters. The van der Waals surface area contributed by atoms with Gasteiger partial charge >= 0.3 is 0 Å². The van der Waals surface area contributed by atoms with Gasteiger partial charge in [0.25, 0.3) is 0 Å². The van der Waals surface area contributed by atoms with Crippen molar-refractivity contribution in [1.82, 2.24) is 5.32 Å². The zero-order valence-electron chi connectivity index (χ0n) is 12.2. The molecule has 0 bridgehead atoms. The summed E-state index contributed by atoms with van der Waals surface area (Å²) >= 11 is 1.81. The highest BCUT2D eigenvalue weighted by Crippen LogP contribution is 2.20. The molecule has 108 valence electrons. The molecule has 0 saturated carbocycles. The molecular formula is C16H21NOS2. The second-order valence-electron chi connectivity index (χ2n) is 4.85. The smallest absolute Gasteiger partial charge is 0.0498 e. The van der Waals surface area contributed by atoms with Gasteiger partial charge in [0.15, 0.2) is 0 Å². The largest absolute Gasteiger partial charge is 0.305 e. The Hall–Kier alpha value is -0.970. The van der Waals surface area contributed by atoms with Gasteiger partial charge in [-0.25, -0.2) is 0 Å². The fourth-order valence-corrected chi connectivity index (χ4v) is 3.60. The van der Waals surface area contributed by atoms with E-state index in [1.807, 2.05) is 23.5 Å². The fraction of sp³-hybridized carbons (Fsp3) is 0.375. The van der Waals surface area contributed by atoms with Crippen LogP contribution in [0.1, 0.15) is 35.9 Å². The molecule has 0 amide bonds. The minimum absolute atomic E-state index is 0.293. The Labute approximate surface area is 127 Å². The molecule has 1 aromatic heterocycles. The van der Waals surface area contributed by atoms with E-state index in [9.17, 15) is 4.21 Å². The average molecular weight is 307 g/mol. The summed E-state index contributed by atoms with van der Waals surface area (Å²) in [5.41, 5.74) is 2.67. The lowest BCUT2D eigenvalue weighted by Crippen LogP contribution is -2.18. The van der Waals surface area contributed by atoms with E-state index in [0.29, 0.717) is 6.04 Å². The van der Waals surface area contributed by atoms with Crippen LogP contribution in [0.3, 0.4) is 0 Å². The maximum atomic E-state index is 11.4. The molecule has 2 unspecified atom stereocenters. The second kappa shape index (κ2) is 7.16. The molecule has 4 heteroatoms. The van der Waals surface area contributed by atoms with Crippen molar-refractivity contribution in [3.8, 4) is 0 Å². The highest BCUT2D eigenvalue weighted by molar-refractivity contribution is 7.84. The Morgan fingerprint density at radius 1 is 1.25 bits per heavy atom. The van der Waals surface area contributed by atoms with Gasteiger partial charge in [-0.05, 0) is 48.1 Å². The van der Waals surface area contributed by atoms with Crippen LogP contribution in [0.2, 0.25) is 0 Å². The molecule has 1 heterocycles. The molecule has 0 saturated heterocycles. The zero-order chi connectivity index (χ0) is 14.5. The summed E-state index contributed by atoms with van der Waals surface area (Å²) in [5.74, 6) is 0. The average Bonchev–Trinajstić information content (AvgIpc) is 2.92. The van der Waals surface area contributed by atoms with Gasteiger partial charge in [-0.3, -0.25) is 4.21 Å². The third-order valence-corrected chi connectivity index (χ3v) is 5.40. The second-order valence-corrected chi connectivity index (χ2v) is 7.23. The van der Waals surface area contributed by atoms with Crippen LogP contribution in [-0.2, 0) is 23.8 Å². The summed E-state index contributed by atoms with van der Waals surface area (Å²) in [6.45, 7) is 5.26. The van der Waals surface area contributed by atoms with E-state index in [4.69, 9.17) is 0 Å². The van der Waals surface area contributed by atoms with Gasteiger partial charge in [0.05, 0.1) is 0 Å². The molecule has 0 aliphatic rings. The highest BCUT2D eigenvalue weighted by atomic mass is 32.2. The van der Waals surface area contributed by atoms with Crippen molar-refractivity contribution in [3.05, 3.63) is 51.7 Å². The van der Waals surface area contributed by atoms with E-state index >= 15 is 0 Å². The summed E-state index contributed by atoms with van der Waals surface area (Å²) in [5, 5.41) is 5.72. The molecule has 0 aliphatic heterocycles. The molecule has 0 radical (unpaired) electrons. The first kappa shape index (κ1) is 15.4. The van der Waals surface area contributed by atoms with E-state index < -0.39 is 10.8 Å². The molecule has 2 aromatic rings. The third-order valence-electron chi connectivity index (χ3n) is 3.50. The zero-order valence-corrected chi connectivity index (χ0v) is 13.8. The first-order valence-electron chi connectivity index (χ1n) is 6.83. The summed E-state index contributed by atoms with van der Waals surface area (Å²) in [7, 11) is -0.902. The number of thiophene rings is 1. The van der Waals surface area contributed by atoms with Gasteiger partial charge in [-0.1, -0.05) is 19.1 Å². The van der Waals surface area contributed by atoms with Gasteiger partial charge < -0.3 is 5.32 Å². The molecule has 1 aromatic carbocycles. The van der Waals surface area contributed by atoms with Crippen LogP contribution in [0, 0.1) is 0 Å². The summed E-state index contributed by atoms with van der Waals surface area (Å²) in [4.78, 5) is 2.30. The minimum Gasteiger partial charge on any atom is -0.305 e. The van der Waals surface area contributed by atoms with Gasteiger partial charge in [-0.2, -0.15) is 0 Å². The molecular weight excluding hydrogens is 286 g/mol. The topological polar surface area (TPSA) is 29.1 Å².